The Morgan fingerprint density at radius 1 is 1.00 bits per heavy atom. The van der Waals surface area contributed by atoms with Gasteiger partial charge in [0, 0.05) is 17.1 Å². The van der Waals surface area contributed by atoms with E-state index in [1.807, 2.05) is 24.3 Å². The third-order valence-corrected chi connectivity index (χ3v) is 5.72. The first-order valence-electron chi connectivity index (χ1n) is 10.1. The fraction of sp³-hybridized carbons (Fsp3) is 0.435. The van der Waals surface area contributed by atoms with Crippen LogP contribution in [0.1, 0.15) is 41.2 Å². The third kappa shape index (κ3) is 5.18. The minimum atomic E-state index is -0.190. The molecule has 0 aromatic heterocycles. The summed E-state index contributed by atoms with van der Waals surface area (Å²) < 4.78 is 16.1. The first-order valence-corrected chi connectivity index (χ1v) is 10.5. The Labute approximate surface area is 183 Å². The number of benzene rings is 2. The van der Waals surface area contributed by atoms with Crippen LogP contribution in [0.4, 0.5) is 0 Å². The highest BCUT2D eigenvalue weighted by Crippen LogP contribution is 2.38. The lowest BCUT2D eigenvalue weighted by Crippen LogP contribution is -2.40. The first kappa shape index (κ1) is 22.2. The number of ether oxygens (including phenoxy) is 3. The summed E-state index contributed by atoms with van der Waals surface area (Å²) >= 11 is 6.07. The van der Waals surface area contributed by atoms with Crippen LogP contribution in [-0.2, 0) is 0 Å². The highest BCUT2D eigenvalue weighted by Gasteiger charge is 2.24. The normalized spacial score (nSPS) is 15.3. The summed E-state index contributed by atoms with van der Waals surface area (Å²) in [4.78, 5) is 15.4. The molecule has 1 heterocycles. The quantitative estimate of drug-likeness (QED) is 0.673. The van der Waals surface area contributed by atoms with Crippen molar-refractivity contribution in [2.24, 2.45) is 0 Å². The smallest absolute Gasteiger partial charge is 0.251 e. The van der Waals surface area contributed by atoms with Gasteiger partial charge in [0.1, 0.15) is 0 Å². The standard InChI is InChI=1S/C23H29ClN2O4/c1-28-20-13-17(14-21(29-2)22(20)30-3)23(27)25-15-19(26-11-5-4-6-12-26)16-7-9-18(24)10-8-16/h7-10,13-14,19H,4-6,11-12,15H2,1-3H3,(H,25,27)/t19-/m0/s1. The van der Waals surface area contributed by atoms with Gasteiger partial charge in [0.2, 0.25) is 5.75 Å². The molecule has 6 nitrogen and oxygen atoms in total. The summed E-state index contributed by atoms with van der Waals surface area (Å²) in [6, 6.07) is 11.3. The van der Waals surface area contributed by atoms with Crippen LogP contribution in [0.5, 0.6) is 17.2 Å². The van der Waals surface area contributed by atoms with Crippen LogP contribution < -0.4 is 19.5 Å². The molecule has 2 aromatic carbocycles. The number of hydrogen-bond donors (Lipinski definition) is 1. The summed E-state index contributed by atoms with van der Waals surface area (Å²) in [6.07, 6.45) is 3.59. The van der Waals surface area contributed by atoms with Crippen molar-refractivity contribution in [1.82, 2.24) is 10.2 Å². The minimum absolute atomic E-state index is 0.0913. The van der Waals surface area contributed by atoms with E-state index >= 15 is 0 Å². The molecule has 1 aliphatic heterocycles. The zero-order valence-electron chi connectivity index (χ0n) is 17.7. The van der Waals surface area contributed by atoms with E-state index in [2.05, 4.69) is 10.2 Å². The van der Waals surface area contributed by atoms with Gasteiger partial charge in [0.25, 0.3) is 5.91 Å². The Balaban J connectivity index is 1.79. The summed E-state index contributed by atoms with van der Waals surface area (Å²) in [5, 5.41) is 3.79. The molecule has 1 N–H and O–H groups in total. The molecular formula is C23H29ClN2O4. The monoisotopic (exact) mass is 432 g/mol. The molecule has 1 fully saturated rings. The van der Waals surface area contributed by atoms with E-state index < -0.39 is 0 Å². The zero-order chi connectivity index (χ0) is 21.5. The molecule has 0 aliphatic carbocycles. The number of carbonyl (C=O) groups is 1. The van der Waals surface area contributed by atoms with Crippen LogP contribution in [0.2, 0.25) is 5.02 Å². The van der Waals surface area contributed by atoms with E-state index in [9.17, 15) is 4.79 Å². The van der Waals surface area contributed by atoms with Crippen molar-refractivity contribution in [3.8, 4) is 17.2 Å². The predicted octanol–water partition coefficient (Wildman–Crippen LogP) is 4.32. The van der Waals surface area contributed by atoms with Crippen LogP contribution in [0, 0.1) is 0 Å². The molecule has 7 heteroatoms. The summed E-state index contributed by atoms with van der Waals surface area (Å²) in [5.74, 6) is 1.17. The number of halogens is 1. The Morgan fingerprint density at radius 3 is 2.13 bits per heavy atom. The van der Waals surface area contributed by atoms with Gasteiger partial charge in [0.15, 0.2) is 11.5 Å². The minimum Gasteiger partial charge on any atom is -0.493 e. The molecule has 0 unspecified atom stereocenters. The lowest BCUT2D eigenvalue weighted by molar-refractivity contribution is 0.0923. The largest absolute Gasteiger partial charge is 0.493 e. The van der Waals surface area contributed by atoms with E-state index in [1.165, 1.54) is 40.6 Å². The number of piperidine rings is 1. The van der Waals surface area contributed by atoms with E-state index in [0.717, 1.165) is 18.7 Å². The highest BCUT2D eigenvalue weighted by molar-refractivity contribution is 6.30. The number of nitrogens with zero attached hydrogens (tertiary/aromatic N) is 1. The van der Waals surface area contributed by atoms with Gasteiger partial charge >= 0.3 is 0 Å². The van der Waals surface area contributed by atoms with Gasteiger partial charge in [-0.15, -0.1) is 0 Å². The molecular weight excluding hydrogens is 404 g/mol. The average Bonchev–Trinajstić information content (AvgIpc) is 2.79. The van der Waals surface area contributed by atoms with Gasteiger partial charge in [-0.3, -0.25) is 9.69 Å². The van der Waals surface area contributed by atoms with Crippen LogP contribution in [0.3, 0.4) is 0 Å². The van der Waals surface area contributed by atoms with Crippen LogP contribution >= 0.6 is 11.6 Å². The Bertz CT molecular complexity index is 826. The van der Waals surface area contributed by atoms with Gasteiger partial charge in [-0.05, 0) is 55.8 Å². The average molecular weight is 433 g/mol. The molecule has 0 bridgehead atoms. The molecule has 0 saturated carbocycles. The van der Waals surface area contributed by atoms with E-state index in [4.69, 9.17) is 25.8 Å². The fourth-order valence-electron chi connectivity index (χ4n) is 3.88. The number of nitrogens with one attached hydrogen (secondary N) is 1. The number of carbonyl (C=O) groups excluding carboxylic acids is 1. The number of methoxy groups -OCH3 is 3. The molecule has 30 heavy (non-hydrogen) atoms. The van der Waals surface area contributed by atoms with Crippen molar-refractivity contribution >= 4 is 17.5 Å². The van der Waals surface area contributed by atoms with Crippen LogP contribution in [0.15, 0.2) is 36.4 Å². The maximum atomic E-state index is 13.0. The second-order valence-corrected chi connectivity index (χ2v) is 7.72. The number of hydrogen-bond acceptors (Lipinski definition) is 5. The van der Waals surface area contributed by atoms with Crippen molar-refractivity contribution in [3.63, 3.8) is 0 Å². The van der Waals surface area contributed by atoms with Crippen molar-refractivity contribution in [2.75, 3.05) is 41.0 Å². The molecule has 162 valence electrons. The zero-order valence-corrected chi connectivity index (χ0v) is 18.5. The van der Waals surface area contributed by atoms with E-state index in [0.29, 0.717) is 34.4 Å². The van der Waals surface area contributed by atoms with Gasteiger partial charge in [-0.25, -0.2) is 0 Å². The Hall–Kier alpha value is -2.44. The van der Waals surface area contributed by atoms with Gasteiger partial charge in [0.05, 0.1) is 27.4 Å². The molecule has 1 amide bonds. The van der Waals surface area contributed by atoms with Crippen LogP contribution in [0.25, 0.3) is 0 Å². The van der Waals surface area contributed by atoms with Gasteiger partial charge in [-0.2, -0.15) is 0 Å². The number of rotatable bonds is 8. The highest BCUT2D eigenvalue weighted by atomic mass is 35.5. The molecule has 2 aromatic rings. The van der Waals surface area contributed by atoms with Gasteiger partial charge in [-0.1, -0.05) is 30.2 Å². The second-order valence-electron chi connectivity index (χ2n) is 7.29. The van der Waals surface area contributed by atoms with Crippen LogP contribution in [-0.4, -0.2) is 51.8 Å². The molecule has 3 rings (SSSR count). The molecule has 0 spiro atoms. The number of likely N-dealkylation sites (tertiary alicyclic amines) is 1. The maximum absolute atomic E-state index is 13.0. The summed E-state index contributed by atoms with van der Waals surface area (Å²) in [6.45, 7) is 2.54. The van der Waals surface area contributed by atoms with Gasteiger partial charge < -0.3 is 19.5 Å². The number of amides is 1. The van der Waals surface area contributed by atoms with E-state index in [1.54, 1.807) is 12.1 Å². The summed E-state index contributed by atoms with van der Waals surface area (Å²) in [7, 11) is 4.60. The fourth-order valence-corrected chi connectivity index (χ4v) is 4.00. The maximum Gasteiger partial charge on any atom is 0.251 e. The third-order valence-electron chi connectivity index (χ3n) is 5.47. The lowest BCUT2D eigenvalue weighted by Gasteiger charge is -2.35. The second kappa shape index (κ2) is 10.5. The molecule has 1 saturated heterocycles. The molecule has 1 atom stereocenters. The Kier molecular flexibility index (Phi) is 7.82. The Morgan fingerprint density at radius 2 is 1.60 bits per heavy atom. The molecule has 1 aliphatic rings. The SMILES string of the molecule is COc1cc(C(=O)NC[C@@H](c2ccc(Cl)cc2)N2CCCCC2)cc(OC)c1OC. The lowest BCUT2D eigenvalue weighted by atomic mass is 10.0. The molecule has 0 radical (unpaired) electrons. The predicted molar refractivity (Wildman–Crippen MR) is 118 cm³/mol. The summed E-state index contributed by atoms with van der Waals surface area (Å²) in [5.41, 5.74) is 1.60. The van der Waals surface area contributed by atoms with Crippen molar-refractivity contribution in [3.05, 3.63) is 52.5 Å². The van der Waals surface area contributed by atoms with Crippen molar-refractivity contribution < 1.29 is 19.0 Å². The topological polar surface area (TPSA) is 60.0 Å². The van der Waals surface area contributed by atoms with E-state index in [-0.39, 0.29) is 11.9 Å². The first-order chi connectivity index (χ1) is 14.6. The van der Waals surface area contributed by atoms with Crippen molar-refractivity contribution in [2.45, 2.75) is 25.3 Å². The van der Waals surface area contributed by atoms with Crippen molar-refractivity contribution in [1.29, 1.82) is 0 Å².